The summed E-state index contributed by atoms with van der Waals surface area (Å²) in [5.41, 5.74) is -0.387. The highest BCUT2D eigenvalue weighted by molar-refractivity contribution is 5.91. The molecule has 21 heavy (non-hydrogen) atoms. The van der Waals surface area contributed by atoms with Crippen molar-refractivity contribution in [2.75, 3.05) is 6.61 Å². The zero-order chi connectivity index (χ0) is 15.2. The lowest BCUT2D eigenvalue weighted by molar-refractivity contribution is -0.125. The first kappa shape index (κ1) is 15.4. The number of ether oxygens (including phenoxy) is 1. The first-order chi connectivity index (χ1) is 10.1. The summed E-state index contributed by atoms with van der Waals surface area (Å²) < 4.78 is 30.8. The van der Waals surface area contributed by atoms with Gasteiger partial charge in [0.15, 0.2) is 6.61 Å². The molecule has 0 bridgehead atoms. The molecule has 0 radical (unpaired) electrons. The number of rotatable bonds is 4. The van der Waals surface area contributed by atoms with E-state index in [1.165, 1.54) is 6.42 Å². The Kier molecular flexibility index (Phi) is 5.25. The van der Waals surface area contributed by atoms with Gasteiger partial charge in [0.2, 0.25) is 0 Å². The lowest BCUT2D eigenvalue weighted by Crippen LogP contribution is -2.38. The standard InChI is InChI=1S/C15H17F2NO3/c16-10-6-7-12(13(17)8-10)15(20)21-9-14(19)18-11-4-2-1-3-5-11/h6-8,11H,1-5,9H2,(H,18,19). The van der Waals surface area contributed by atoms with Crippen LogP contribution in [0.15, 0.2) is 18.2 Å². The number of carbonyl (C=O) groups excluding carboxylic acids is 2. The van der Waals surface area contributed by atoms with E-state index in [0.29, 0.717) is 6.07 Å². The molecule has 0 aliphatic heterocycles. The molecule has 0 saturated heterocycles. The average molecular weight is 297 g/mol. The van der Waals surface area contributed by atoms with E-state index in [9.17, 15) is 18.4 Å². The van der Waals surface area contributed by atoms with E-state index in [-0.39, 0.29) is 11.6 Å². The maximum Gasteiger partial charge on any atom is 0.341 e. The zero-order valence-corrected chi connectivity index (χ0v) is 11.5. The number of hydrogen-bond donors (Lipinski definition) is 1. The summed E-state index contributed by atoms with van der Waals surface area (Å²) in [6.45, 7) is -0.466. The molecule has 0 aromatic heterocycles. The average Bonchev–Trinajstić information content (AvgIpc) is 2.46. The fraction of sp³-hybridized carbons (Fsp3) is 0.467. The van der Waals surface area contributed by atoms with E-state index in [1.54, 1.807) is 0 Å². The molecule has 114 valence electrons. The predicted molar refractivity (Wildman–Crippen MR) is 71.7 cm³/mol. The molecular weight excluding hydrogens is 280 g/mol. The molecule has 1 fully saturated rings. The third-order valence-corrected chi connectivity index (χ3v) is 3.46. The van der Waals surface area contributed by atoms with Crippen molar-refractivity contribution in [3.63, 3.8) is 0 Å². The summed E-state index contributed by atoms with van der Waals surface area (Å²) in [5, 5.41) is 2.78. The van der Waals surface area contributed by atoms with Gasteiger partial charge in [0.1, 0.15) is 11.6 Å². The van der Waals surface area contributed by atoms with Crippen LogP contribution < -0.4 is 5.32 Å². The fourth-order valence-electron chi connectivity index (χ4n) is 2.38. The van der Waals surface area contributed by atoms with Crippen LogP contribution in [0.25, 0.3) is 0 Å². The monoisotopic (exact) mass is 297 g/mol. The van der Waals surface area contributed by atoms with Crippen LogP contribution >= 0.6 is 0 Å². The van der Waals surface area contributed by atoms with E-state index in [0.717, 1.165) is 37.8 Å². The predicted octanol–water partition coefficient (Wildman–Crippen LogP) is 2.57. The fourth-order valence-corrected chi connectivity index (χ4v) is 2.38. The number of nitrogens with one attached hydrogen (secondary N) is 1. The normalized spacial score (nSPS) is 15.5. The van der Waals surface area contributed by atoms with Crippen molar-refractivity contribution >= 4 is 11.9 Å². The number of hydrogen-bond acceptors (Lipinski definition) is 3. The van der Waals surface area contributed by atoms with Crippen molar-refractivity contribution in [1.82, 2.24) is 5.32 Å². The smallest absolute Gasteiger partial charge is 0.341 e. The van der Waals surface area contributed by atoms with E-state index < -0.39 is 30.1 Å². The Morgan fingerprint density at radius 3 is 2.57 bits per heavy atom. The Hall–Kier alpha value is -1.98. The van der Waals surface area contributed by atoms with Crippen LogP contribution in [0.2, 0.25) is 0 Å². The lowest BCUT2D eigenvalue weighted by Gasteiger charge is -2.22. The number of amides is 1. The molecule has 0 atom stereocenters. The minimum atomic E-state index is -1.01. The van der Waals surface area contributed by atoms with Gasteiger partial charge in [-0.05, 0) is 25.0 Å². The van der Waals surface area contributed by atoms with Crippen LogP contribution in [0.3, 0.4) is 0 Å². The molecular formula is C15H17F2NO3. The molecule has 1 aromatic rings. The molecule has 0 spiro atoms. The Balaban J connectivity index is 1.81. The van der Waals surface area contributed by atoms with Crippen LogP contribution in [0.4, 0.5) is 8.78 Å². The zero-order valence-electron chi connectivity index (χ0n) is 11.5. The van der Waals surface area contributed by atoms with Gasteiger partial charge in [-0.1, -0.05) is 19.3 Å². The Labute approximate surface area is 121 Å². The van der Waals surface area contributed by atoms with Gasteiger partial charge in [-0.2, -0.15) is 0 Å². The highest BCUT2D eigenvalue weighted by atomic mass is 19.1. The van der Waals surface area contributed by atoms with Gasteiger partial charge < -0.3 is 10.1 Å². The summed E-state index contributed by atoms with van der Waals surface area (Å²) in [5.74, 6) is -3.17. The molecule has 2 rings (SSSR count). The molecule has 1 aromatic carbocycles. The summed E-state index contributed by atoms with van der Waals surface area (Å²) in [7, 11) is 0. The Morgan fingerprint density at radius 1 is 1.19 bits per heavy atom. The van der Waals surface area contributed by atoms with Gasteiger partial charge in [0.25, 0.3) is 5.91 Å². The molecule has 0 heterocycles. The molecule has 1 N–H and O–H groups in total. The largest absolute Gasteiger partial charge is 0.452 e. The summed E-state index contributed by atoms with van der Waals surface area (Å²) in [4.78, 5) is 23.3. The van der Waals surface area contributed by atoms with Crippen molar-refractivity contribution in [3.05, 3.63) is 35.4 Å². The Bertz CT molecular complexity index is 528. The molecule has 4 nitrogen and oxygen atoms in total. The molecule has 0 unspecified atom stereocenters. The van der Waals surface area contributed by atoms with Gasteiger partial charge >= 0.3 is 5.97 Å². The molecule has 6 heteroatoms. The maximum absolute atomic E-state index is 13.4. The van der Waals surface area contributed by atoms with Crippen LogP contribution in [0.1, 0.15) is 42.5 Å². The van der Waals surface area contributed by atoms with Gasteiger partial charge in [0.05, 0.1) is 5.56 Å². The summed E-state index contributed by atoms with van der Waals surface area (Å²) in [6.07, 6.45) is 5.17. The lowest BCUT2D eigenvalue weighted by atomic mass is 9.95. The SMILES string of the molecule is O=C(COC(=O)c1ccc(F)cc1F)NC1CCCCC1. The van der Waals surface area contributed by atoms with E-state index in [1.807, 2.05) is 0 Å². The highest BCUT2D eigenvalue weighted by Crippen LogP contribution is 2.17. The second-order valence-corrected chi connectivity index (χ2v) is 5.10. The summed E-state index contributed by atoms with van der Waals surface area (Å²) in [6, 6.07) is 2.67. The van der Waals surface area contributed by atoms with Crippen molar-refractivity contribution in [2.24, 2.45) is 0 Å². The van der Waals surface area contributed by atoms with E-state index in [4.69, 9.17) is 4.74 Å². The number of esters is 1. The van der Waals surface area contributed by atoms with Gasteiger partial charge in [0, 0.05) is 12.1 Å². The first-order valence-corrected chi connectivity index (χ1v) is 6.98. The van der Waals surface area contributed by atoms with Gasteiger partial charge in [-0.25, -0.2) is 13.6 Å². The topological polar surface area (TPSA) is 55.4 Å². The van der Waals surface area contributed by atoms with Crippen molar-refractivity contribution in [1.29, 1.82) is 0 Å². The third-order valence-electron chi connectivity index (χ3n) is 3.46. The molecule has 1 aliphatic carbocycles. The van der Waals surface area contributed by atoms with E-state index in [2.05, 4.69) is 5.32 Å². The van der Waals surface area contributed by atoms with Crippen LogP contribution in [0, 0.1) is 11.6 Å². The molecule has 1 amide bonds. The van der Waals surface area contributed by atoms with Crippen molar-refractivity contribution in [2.45, 2.75) is 38.1 Å². The highest BCUT2D eigenvalue weighted by Gasteiger charge is 2.18. The number of carbonyl (C=O) groups is 2. The molecule has 1 aliphatic rings. The third kappa shape index (κ3) is 4.51. The minimum absolute atomic E-state index is 0.118. The first-order valence-electron chi connectivity index (χ1n) is 6.98. The second kappa shape index (κ2) is 7.15. The quantitative estimate of drug-likeness (QED) is 0.869. The second-order valence-electron chi connectivity index (χ2n) is 5.10. The van der Waals surface area contributed by atoms with Gasteiger partial charge in [-0.3, -0.25) is 4.79 Å². The Morgan fingerprint density at radius 2 is 1.90 bits per heavy atom. The van der Waals surface area contributed by atoms with E-state index >= 15 is 0 Å². The minimum Gasteiger partial charge on any atom is -0.452 e. The van der Waals surface area contributed by atoms with Crippen molar-refractivity contribution in [3.8, 4) is 0 Å². The van der Waals surface area contributed by atoms with Crippen LogP contribution in [0.5, 0.6) is 0 Å². The number of benzene rings is 1. The van der Waals surface area contributed by atoms with Crippen LogP contribution in [-0.2, 0) is 9.53 Å². The van der Waals surface area contributed by atoms with Crippen molar-refractivity contribution < 1.29 is 23.1 Å². The number of halogens is 2. The van der Waals surface area contributed by atoms with Crippen LogP contribution in [-0.4, -0.2) is 24.5 Å². The summed E-state index contributed by atoms with van der Waals surface area (Å²) >= 11 is 0. The maximum atomic E-state index is 13.4. The molecule has 1 saturated carbocycles. The van der Waals surface area contributed by atoms with Gasteiger partial charge in [-0.15, -0.1) is 0 Å².